The van der Waals surface area contributed by atoms with Crippen molar-refractivity contribution in [3.63, 3.8) is 0 Å². The Balaban J connectivity index is 2.15. The van der Waals surface area contributed by atoms with E-state index in [1.54, 1.807) is 6.07 Å². The lowest BCUT2D eigenvalue weighted by Crippen LogP contribution is -2.35. The molecule has 148 valence electrons. The van der Waals surface area contributed by atoms with Gasteiger partial charge in [0.1, 0.15) is 5.82 Å². The number of pyridine rings is 1. The Labute approximate surface area is 158 Å². The van der Waals surface area contributed by atoms with Gasteiger partial charge in [0.05, 0.1) is 12.1 Å². The largest absolute Gasteiger partial charge is 0.417 e. The predicted molar refractivity (Wildman–Crippen MR) is 95.5 cm³/mol. The number of para-hydroxylation sites is 1. The molecule has 0 bridgehead atoms. The van der Waals surface area contributed by atoms with E-state index in [9.17, 15) is 27.9 Å². The second kappa shape index (κ2) is 7.12. The Morgan fingerprint density at radius 2 is 1.96 bits per heavy atom. The van der Waals surface area contributed by atoms with Gasteiger partial charge >= 0.3 is 12.2 Å². The molecule has 0 spiro atoms. The van der Waals surface area contributed by atoms with Crippen molar-refractivity contribution in [2.24, 2.45) is 0 Å². The lowest BCUT2D eigenvalue weighted by Gasteiger charge is -2.21. The van der Waals surface area contributed by atoms with Gasteiger partial charge in [-0.15, -0.1) is 0 Å². The molecule has 28 heavy (non-hydrogen) atoms. The van der Waals surface area contributed by atoms with Crippen LogP contribution in [0.3, 0.4) is 0 Å². The van der Waals surface area contributed by atoms with Gasteiger partial charge in [0.15, 0.2) is 6.23 Å². The molecule has 1 saturated heterocycles. The average molecular weight is 394 g/mol. The normalized spacial score (nSPS) is 17.2. The number of rotatable bonds is 3. The van der Waals surface area contributed by atoms with Crippen molar-refractivity contribution in [3.05, 3.63) is 42.1 Å². The molecule has 2 N–H and O–H groups in total. The van der Waals surface area contributed by atoms with E-state index in [2.05, 4.69) is 10.3 Å². The number of nitrogens with zero attached hydrogens (tertiary/aromatic N) is 3. The highest BCUT2D eigenvalue weighted by atomic mass is 19.4. The van der Waals surface area contributed by atoms with Crippen LogP contribution in [-0.2, 0) is 11.0 Å². The van der Waals surface area contributed by atoms with Crippen molar-refractivity contribution in [2.75, 3.05) is 23.8 Å². The van der Waals surface area contributed by atoms with Crippen LogP contribution in [0.25, 0.3) is 11.1 Å². The van der Waals surface area contributed by atoms with Gasteiger partial charge in [-0.2, -0.15) is 13.2 Å². The lowest BCUT2D eigenvalue weighted by molar-refractivity contribution is -0.137. The molecule has 1 aliphatic rings. The first-order valence-electron chi connectivity index (χ1n) is 8.26. The maximum absolute atomic E-state index is 13.8. The van der Waals surface area contributed by atoms with Gasteiger partial charge in [-0.1, -0.05) is 18.2 Å². The topological polar surface area (TPSA) is 85.8 Å². The number of aromatic nitrogens is 1. The Kier molecular flexibility index (Phi) is 4.99. The lowest BCUT2D eigenvalue weighted by atomic mass is 9.99. The first-order valence-corrected chi connectivity index (χ1v) is 8.26. The third kappa shape index (κ3) is 3.63. The first kappa shape index (κ1) is 19.6. The Hall–Kier alpha value is -3.14. The highest BCUT2D eigenvalue weighted by molar-refractivity contribution is 5.96. The molecule has 3 rings (SSSR count). The molecule has 0 saturated carbocycles. The monoisotopic (exact) mass is 394 g/mol. The molecule has 0 aliphatic carbocycles. The number of urea groups is 1. The predicted octanol–water partition coefficient (Wildman–Crippen LogP) is 2.92. The van der Waals surface area contributed by atoms with Crippen molar-refractivity contribution in [1.29, 1.82) is 0 Å². The number of hydrogen-bond acceptors (Lipinski definition) is 4. The number of aliphatic hydroxyl groups excluding tert-OH is 1. The number of amides is 3. The molecule has 2 heterocycles. The van der Waals surface area contributed by atoms with E-state index in [0.717, 1.165) is 17.2 Å². The highest BCUT2D eigenvalue weighted by Crippen LogP contribution is 2.41. The molecule has 7 nitrogen and oxygen atoms in total. The first-order chi connectivity index (χ1) is 13.1. The number of benzene rings is 1. The third-order valence-corrected chi connectivity index (χ3v) is 4.24. The summed E-state index contributed by atoms with van der Waals surface area (Å²) in [5.74, 6) is -0.741. The van der Waals surface area contributed by atoms with Crippen LogP contribution in [0.5, 0.6) is 0 Å². The smallest absolute Gasteiger partial charge is 0.371 e. The summed E-state index contributed by atoms with van der Waals surface area (Å²) in [6.45, 7) is 1.20. The fourth-order valence-corrected chi connectivity index (χ4v) is 3.01. The van der Waals surface area contributed by atoms with Crippen LogP contribution >= 0.6 is 0 Å². The zero-order valence-corrected chi connectivity index (χ0v) is 15.0. The van der Waals surface area contributed by atoms with Gasteiger partial charge < -0.3 is 15.3 Å². The summed E-state index contributed by atoms with van der Waals surface area (Å²) in [6.07, 6.45) is -5.07. The van der Waals surface area contributed by atoms with Crippen LogP contribution in [0.1, 0.15) is 12.5 Å². The van der Waals surface area contributed by atoms with E-state index in [-0.39, 0.29) is 29.2 Å². The third-order valence-electron chi connectivity index (χ3n) is 4.24. The van der Waals surface area contributed by atoms with E-state index in [4.69, 9.17) is 0 Å². The quantitative estimate of drug-likeness (QED) is 0.838. The van der Waals surface area contributed by atoms with E-state index >= 15 is 0 Å². The number of halogens is 3. The summed E-state index contributed by atoms with van der Waals surface area (Å²) in [6, 6.07) is 6.10. The minimum atomic E-state index is -4.75. The SMILES string of the molecule is CC(=O)Nc1ccccc1-c1cnc(N2C(=O)N(C)CC2O)cc1C(F)(F)F. The highest BCUT2D eigenvalue weighted by Gasteiger charge is 2.39. The molecule has 1 aliphatic heterocycles. The van der Waals surface area contributed by atoms with Gasteiger partial charge in [-0.25, -0.2) is 14.7 Å². The molecule has 1 aromatic heterocycles. The van der Waals surface area contributed by atoms with Gasteiger partial charge in [0.2, 0.25) is 5.91 Å². The number of nitrogens with one attached hydrogen (secondary N) is 1. The summed E-state index contributed by atoms with van der Waals surface area (Å²) >= 11 is 0. The van der Waals surface area contributed by atoms with Crippen LogP contribution in [0.15, 0.2) is 36.5 Å². The van der Waals surface area contributed by atoms with Crippen LogP contribution in [-0.4, -0.2) is 46.7 Å². The number of alkyl halides is 3. The summed E-state index contributed by atoms with van der Waals surface area (Å²) in [5.41, 5.74) is -0.957. The fourth-order valence-electron chi connectivity index (χ4n) is 3.01. The summed E-state index contributed by atoms with van der Waals surface area (Å²) in [5, 5.41) is 12.5. The van der Waals surface area contributed by atoms with Crippen molar-refractivity contribution < 1.29 is 27.9 Å². The average Bonchev–Trinajstić information content (AvgIpc) is 2.86. The van der Waals surface area contributed by atoms with E-state index in [0.29, 0.717) is 0 Å². The molecular formula is C18H17F3N4O3. The van der Waals surface area contributed by atoms with Crippen LogP contribution in [0.4, 0.5) is 29.5 Å². The van der Waals surface area contributed by atoms with Crippen molar-refractivity contribution >= 4 is 23.4 Å². The van der Waals surface area contributed by atoms with E-state index < -0.39 is 29.9 Å². The summed E-state index contributed by atoms with van der Waals surface area (Å²) in [7, 11) is 1.42. The van der Waals surface area contributed by atoms with Crippen LogP contribution < -0.4 is 10.2 Å². The summed E-state index contributed by atoms with van der Waals surface area (Å²) < 4.78 is 41.3. The molecule has 0 radical (unpaired) electrons. The van der Waals surface area contributed by atoms with Gasteiger partial charge in [-0.3, -0.25) is 4.79 Å². The number of β-amino-alcohol motifs (C(OH)–C–C–N with tert-alkyl or cyclic N) is 1. The molecule has 3 amide bonds. The number of hydrogen-bond donors (Lipinski definition) is 2. The van der Waals surface area contributed by atoms with Gasteiger partial charge in [0, 0.05) is 37.0 Å². The minimum absolute atomic E-state index is 0.0466. The van der Waals surface area contributed by atoms with Crippen molar-refractivity contribution in [3.8, 4) is 11.1 Å². The Morgan fingerprint density at radius 1 is 1.29 bits per heavy atom. The zero-order valence-electron chi connectivity index (χ0n) is 15.0. The number of carbonyl (C=O) groups excluding carboxylic acids is 2. The Morgan fingerprint density at radius 3 is 2.54 bits per heavy atom. The van der Waals surface area contributed by atoms with Crippen LogP contribution in [0.2, 0.25) is 0 Å². The number of likely N-dealkylation sites (N-methyl/N-ethyl adjacent to an activating group) is 1. The van der Waals surface area contributed by atoms with Crippen molar-refractivity contribution in [2.45, 2.75) is 19.3 Å². The maximum atomic E-state index is 13.8. The molecule has 2 aromatic rings. The molecule has 1 aromatic carbocycles. The second-order valence-electron chi connectivity index (χ2n) is 6.33. The molecule has 10 heteroatoms. The van der Waals surface area contributed by atoms with Gasteiger partial charge in [0.25, 0.3) is 0 Å². The maximum Gasteiger partial charge on any atom is 0.417 e. The number of aliphatic hydroxyl groups is 1. The van der Waals surface area contributed by atoms with Crippen molar-refractivity contribution in [1.82, 2.24) is 9.88 Å². The molecule has 1 unspecified atom stereocenters. The zero-order chi connectivity index (χ0) is 20.6. The van der Waals surface area contributed by atoms with E-state index in [1.165, 1.54) is 37.1 Å². The number of carbonyl (C=O) groups is 2. The molecule has 1 fully saturated rings. The minimum Gasteiger partial charge on any atom is -0.371 e. The molecular weight excluding hydrogens is 377 g/mol. The summed E-state index contributed by atoms with van der Waals surface area (Å²) in [4.78, 5) is 29.5. The van der Waals surface area contributed by atoms with Crippen LogP contribution in [0, 0.1) is 0 Å². The second-order valence-corrected chi connectivity index (χ2v) is 6.33. The Bertz CT molecular complexity index is 933. The number of anilines is 2. The van der Waals surface area contributed by atoms with Gasteiger partial charge in [-0.05, 0) is 12.1 Å². The van der Waals surface area contributed by atoms with E-state index in [1.807, 2.05) is 0 Å². The molecule has 1 atom stereocenters. The fraction of sp³-hybridized carbons (Fsp3) is 0.278. The standard InChI is InChI=1S/C18H17F3N4O3/c1-10(26)23-14-6-4-3-5-11(14)12-8-22-15(7-13(12)18(19,20)21)25-16(27)9-24(2)17(25)28/h3-8,16,27H,9H2,1-2H3,(H,23,26).